The summed E-state index contributed by atoms with van der Waals surface area (Å²) in [6.45, 7) is 2.28. The molecule has 0 bridgehead atoms. The van der Waals surface area contributed by atoms with Crippen LogP contribution in [0.25, 0.3) is 0 Å². The van der Waals surface area contributed by atoms with Crippen molar-refractivity contribution in [1.29, 1.82) is 0 Å². The summed E-state index contributed by atoms with van der Waals surface area (Å²) < 4.78 is 15.9. The highest BCUT2D eigenvalue weighted by Crippen LogP contribution is 2.42. The predicted molar refractivity (Wildman–Crippen MR) is 122 cm³/mol. The Morgan fingerprint density at radius 3 is 1.82 bits per heavy atom. The first kappa shape index (κ1) is 26.5. The molecule has 1 aliphatic carbocycles. The first-order valence-electron chi connectivity index (χ1n) is 11.9. The van der Waals surface area contributed by atoms with Crippen molar-refractivity contribution in [2.24, 2.45) is 0 Å². The molecular weight excluding hydrogens is 391 g/mol. The molecule has 0 heterocycles. The highest BCUT2D eigenvalue weighted by Gasteiger charge is 2.28. The molecule has 1 aliphatic rings. The molecular formula is C22H45O4PS. The van der Waals surface area contributed by atoms with Gasteiger partial charge >= 0.3 is 7.82 Å². The van der Waals surface area contributed by atoms with E-state index in [9.17, 15) is 4.57 Å². The van der Waals surface area contributed by atoms with Crippen molar-refractivity contribution in [2.45, 2.75) is 134 Å². The van der Waals surface area contributed by atoms with E-state index in [1.807, 2.05) is 11.8 Å². The fourth-order valence-corrected chi connectivity index (χ4v) is 6.06. The third kappa shape index (κ3) is 16.3. The summed E-state index contributed by atoms with van der Waals surface area (Å²) in [6, 6.07) is 0. The maximum atomic E-state index is 11.0. The molecule has 2 atom stereocenters. The lowest BCUT2D eigenvalue weighted by Gasteiger charge is -2.28. The molecule has 6 heteroatoms. The molecule has 0 spiro atoms. The van der Waals surface area contributed by atoms with Gasteiger partial charge in [0.1, 0.15) is 0 Å². The molecule has 0 aromatic rings. The van der Waals surface area contributed by atoms with E-state index >= 15 is 0 Å². The molecule has 0 aromatic carbocycles. The first-order chi connectivity index (χ1) is 13.5. The second kappa shape index (κ2) is 17.2. The summed E-state index contributed by atoms with van der Waals surface area (Å²) in [4.78, 5) is 17.9. The average molecular weight is 437 g/mol. The Hall–Kier alpha value is 0.460. The summed E-state index contributed by atoms with van der Waals surface area (Å²) in [7, 11) is -4.33. The van der Waals surface area contributed by atoms with E-state index in [4.69, 9.17) is 14.3 Å². The monoisotopic (exact) mass is 436 g/mol. The van der Waals surface area contributed by atoms with Crippen LogP contribution in [0.5, 0.6) is 0 Å². The second-order valence-corrected chi connectivity index (χ2v) is 11.1. The molecule has 0 amide bonds. The third-order valence-corrected chi connectivity index (χ3v) is 7.71. The summed E-state index contributed by atoms with van der Waals surface area (Å²) >= 11 is 1.98. The summed E-state index contributed by atoms with van der Waals surface area (Å²) in [5, 5.41) is 0.507. The zero-order chi connectivity index (χ0) is 20.5. The van der Waals surface area contributed by atoms with Crippen molar-refractivity contribution in [3.8, 4) is 0 Å². The van der Waals surface area contributed by atoms with Crippen molar-refractivity contribution in [3.05, 3.63) is 0 Å². The maximum absolute atomic E-state index is 11.0. The van der Waals surface area contributed by atoms with Gasteiger partial charge in [0, 0.05) is 5.25 Å². The zero-order valence-electron chi connectivity index (χ0n) is 18.2. The summed E-state index contributed by atoms with van der Waals surface area (Å²) in [5.41, 5.74) is 0. The number of phosphoric ester groups is 1. The second-order valence-electron chi connectivity index (χ2n) is 8.47. The number of phosphoric acid groups is 1. The molecule has 1 fully saturated rings. The van der Waals surface area contributed by atoms with Crippen LogP contribution in [0.2, 0.25) is 0 Å². The molecule has 1 saturated carbocycles. The van der Waals surface area contributed by atoms with Crippen LogP contribution >= 0.6 is 19.6 Å². The van der Waals surface area contributed by atoms with E-state index in [1.54, 1.807) is 0 Å². The Morgan fingerprint density at radius 1 is 0.821 bits per heavy atom. The molecule has 0 radical (unpaired) electrons. The van der Waals surface area contributed by atoms with E-state index in [2.05, 4.69) is 6.92 Å². The Labute approximate surface area is 178 Å². The molecule has 0 aliphatic heterocycles. The molecule has 2 N–H and O–H groups in total. The lowest BCUT2D eigenvalue weighted by Crippen LogP contribution is -2.23. The highest BCUT2D eigenvalue weighted by molar-refractivity contribution is 7.99. The van der Waals surface area contributed by atoms with Crippen LogP contribution in [0, 0.1) is 0 Å². The Balaban J connectivity index is 1.83. The van der Waals surface area contributed by atoms with Crippen LogP contribution in [0.3, 0.4) is 0 Å². The Kier molecular flexibility index (Phi) is 16.2. The minimum Gasteiger partial charge on any atom is -0.303 e. The first-order valence-corrected chi connectivity index (χ1v) is 14.4. The number of hydrogen-bond acceptors (Lipinski definition) is 3. The fraction of sp³-hybridized carbons (Fsp3) is 1.00. The lowest BCUT2D eigenvalue weighted by molar-refractivity contribution is 0.106. The van der Waals surface area contributed by atoms with Gasteiger partial charge < -0.3 is 9.79 Å². The van der Waals surface area contributed by atoms with E-state index in [0.717, 1.165) is 25.7 Å². The minimum atomic E-state index is -4.33. The van der Waals surface area contributed by atoms with Crippen LogP contribution in [-0.2, 0) is 9.09 Å². The molecule has 168 valence electrons. The fourth-order valence-electron chi connectivity index (χ4n) is 4.09. The van der Waals surface area contributed by atoms with Crippen LogP contribution < -0.4 is 0 Å². The zero-order valence-corrected chi connectivity index (χ0v) is 19.9. The average Bonchev–Trinajstić information content (AvgIpc) is 2.64. The van der Waals surface area contributed by atoms with Crippen molar-refractivity contribution in [2.75, 3.05) is 5.75 Å². The Morgan fingerprint density at radius 2 is 1.32 bits per heavy atom. The highest BCUT2D eigenvalue weighted by atomic mass is 32.2. The van der Waals surface area contributed by atoms with E-state index < -0.39 is 7.82 Å². The van der Waals surface area contributed by atoms with Gasteiger partial charge in [-0.15, -0.1) is 0 Å². The topological polar surface area (TPSA) is 66.8 Å². The van der Waals surface area contributed by atoms with Gasteiger partial charge in [0.25, 0.3) is 0 Å². The van der Waals surface area contributed by atoms with E-state index in [0.29, 0.717) is 5.25 Å². The number of rotatable bonds is 18. The number of unbranched alkanes of at least 4 members (excludes halogenated alkanes) is 13. The molecule has 28 heavy (non-hydrogen) atoms. The SMILES string of the molecule is CCCCCCCCCCCCCCCCSC1CCCC(OP(=O)(O)O)C1. The normalized spacial score (nSPS) is 20.5. The summed E-state index contributed by atoms with van der Waals surface area (Å²) in [6.07, 6.45) is 22.9. The minimum absolute atomic E-state index is 0.261. The third-order valence-electron chi connectivity index (χ3n) is 5.72. The smallest absolute Gasteiger partial charge is 0.303 e. The van der Waals surface area contributed by atoms with Crippen molar-refractivity contribution in [1.82, 2.24) is 0 Å². The molecule has 1 rings (SSSR count). The van der Waals surface area contributed by atoms with Gasteiger partial charge in [-0.25, -0.2) is 4.57 Å². The lowest BCUT2D eigenvalue weighted by atomic mass is 9.97. The number of thioether (sulfide) groups is 1. The Bertz CT molecular complexity index is 402. The van der Waals surface area contributed by atoms with Gasteiger partial charge in [0.2, 0.25) is 0 Å². The molecule has 2 unspecified atom stereocenters. The number of hydrogen-bond donors (Lipinski definition) is 2. The quantitative estimate of drug-likeness (QED) is 0.171. The van der Waals surface area contributed by atoms with Gasteiger partial charge in [-0.05, 0) is 37.9 Å². The van der Waals surface area contributed by atoms with Crippen molar-refractivity contribution >= 4 is 19.6 Å². The van der Waals surface area contributed by atoms with E-state index in [1.165, 1.54) is 95.6 Å². The van der Waals surface area contributed by atoms with Crippen LogP contribution in [0.15, 0.2) is 0 Å². The van der Waals surface area contributed by atoms with Gasteiger partial charge in [-0.3, -0.25) is 4.52 Å². The van der Waals surface area contributed by atoms with Gasteiger partial charge in [-0.1, -0.05) is 90.4 Å². The summed E-state index contributed by atoms with van der Waals surface area (Å²) in [5.74, 6) is 1.17. The van der Waals surface area contributed by atoms with Crippen LogP contribution in [-0.4, -0.2) is 26.9 Å². The van der Waals surface area contributed by atoms with Crippen LogP contribution in [0.4, 0.5) is 0 Å². The largest absolute Gasteiger partial charge is 0.469 e. The van der Waals surface area contributed by atoms with Gasteiger partial charge in [0.05, 0.1) is 6.10 Å². The van der Waals surface area contributed by atoms with E-state index in [-0.39, 0.29) is 6.10 Å². The van der Waals surface area contributed by atoms with Gasteiger partial charge in [0.15, 0.2) is 0 Å². The molecule has 4 nitrogen and oxygen atoms in total. The van der Waals surface area contributed by atoms with Crippen molar-refractivity contribution in [3.63, 3.8) is 0 Å². The molecule has 0 aromatic heterocycles. The van der Waals surface area contributed by atoms with Crippen molar-refractivity contribution < 1.29 is 18.9 Å². The van der Waals surface area contributed by atoms with Gasteiger partial charge in [-0.2, -0.15) is 11.8 Å². The maximum Gasteiger partial charge on any atom is 0.469 e. The van der Waals surface area contributed by atoms with Crippen LogP contribution in [0.1, 0.15) is 122 Å². The molecule has 0 saturated heterocycles. The predicted octanol–water partition coefficient (Wildman–Crippen LogP) is 7.62. The standard InChI is InChI=1S/C22H45O4PS/c1-2-3-4-5-6-7-8-9-10-11-12-13-14-15-19-28-22-18-16-17-21(20-22)26-27(23,24)25/h21-22H,2-20H2,1H3,(H2,23,24,25).